The van der Waals surface area contributed by atoms with E-state index in [0.29, 0.717) is 18.8 Å². The van der Waals surface area contributed by atoms with E-state index in [1.165, 1.54) is 30.4 Å². The van der Waals surface area contributed by atoms with Gasteiger partial charge in [0.05, 0.1) is 7.11 Å². The number of methoxy groups -OCH3 is 1. The minimum absolute atomic E-state index is 0.147. The number of carbonyl (C=O) groups excluding carboxylic acids is 1. The summed E-state index contributed by atoms with van der Waals surface area (Å²) in [6.07, 6.45) is 6.78. The van der Waals surface area contributed by atoms with Crippen LogP contribution in [0.3, 0.4) is 0 Å². The molecular formula is C22H23FN4O2. The molecule has 1 aromatic carbocycles. The molecule has 3 heterocycles. The van der Waals surface area contributed by atoms with Gasteiger partial charge in [-0.1, -0.05) is 6.08 Å². The number of rotatable bonds is 4. The van der Waals surface area contributed by atoms with Crippen LogP contribution in [-0.4, -0.2) is 40.7 Å². The predicted molar refractivity (Wildman–Crippen MR) is 112 cm³/mol. The number of benzene rings is 1. The second kappa shape index (κ2) is 7.95. The lowest BCUT2D eigenvalue weighted by atomic mass is 10.00. The van der Waals surface area contributed by atoms with Crippen molar-refractivity contribution >= 4 is 28.3 Å². The van der Waals surface area contributed by atoms with Gasteiger partial charge in [0.15, 0.2) is 11.6 Å². The molecular weight excluding hydrogens is 371 g/mol. The van der Waals surface area contributed by atoms with Crippen LogP contribution in [0.5, 0.6) is 5.75 Å². The summed E-state index contributed by atoms with van der Waals surface area (Å²) >= 11 is 0. The molecule has 2 amide bonds. The van der Waals surface area contributed by atoms with E-state index in [1.807, 2.05) is 12.3 Å². The smallest absolute Gasteiger partial charge is 0.322 e. The van der Waals surface area contributed by atoms with Gasteiger partial charge < -0.3 is 19.5 Å². The third-order valence-corrected chi connectivity index (χ3v) is 5.22. The number of fused-ring (bicyclic) bond motifs is 1. The minimum atomic E-state index is -0.507. The molecule has 0 atom stereocenters. The number of carbonyl (C=O) groups is 1. The van der Waals surface area contributed by atoms with Gasteiger partial charge >= 0.3 is 6.03 Å². The van der Waals surface area contributed by atoms with Gasteiger partial charge in [0.25, 0.3) is 0 Å². The van der Waals surface area contributed by atoms with E-state index in [2.05, 4.69) is 40.1 Å². The molecule has 6 nitrogen and oxygen atoms in total. The van der Waals surface area contributed by atoms with Crippen molar-refractivity contribution in [1.82, 2.24) is 14.5 Å². The van der Waals surface area contributed by atoms with E-state index in [-0.39, 0.29) is 11.8 Å². The summed E-state index contributed by atoms with van der Waals surface area (Å²) in [4.78, 5) is 18.8. The molecule has 0 fully saturated rings. The Labute approximate surface area is 168 Å². The quantitative estimate of drug-likeness (QED) is 0.708. The van der Waals surface area contributed by atoms with E-state index in [4.69, 9.17) is 4.74 Å². The fraction of sp³-hybridized carbons (Fsp3) is 0.273. The van der Waals surface area contributed by atoms with Crippen LogP contribution in [0, 0.1) is 5.82 Å². The normalized spacial score (nSPS) is 14.0. The molecule has 1 aliphatic rings. The van der Waals surface area contributed by atoms with Crippen LogP contribution >= 0.6 is 0 Å². The molecule has 0 bridgehead atoms. The molecule has 7 heteroatoms. The Hall–Kier alpha value is -3.35. The molecule has 0 aliphatic carbocycles. The molecule has 0 saturated heterocycles. The number of aryl methyl sites for hydroxylation is 1. The van der Waals surface area contributed by atoms with E-state index in [9.17, 15) is 9.18 Å². The van der Waals surface area contributed by atoms with Gasteiger partial charge in [-0.2, -0.15) is 0 Å². The standard InChI is InChI=1S/C22H23FN4O2/c1-3-26-14-18(17-5-4-10-24-21(17)26)15-8-11-27(12-9-15)22(28)25-16-6-7-20(29-2)19(23)13-16/h4-8,10,13-14H,3,9,11-12H2,1-2H3,(H,25,28). The minimum Gasteiger partial charge on any atom is -0.494 e. The maximum atomic E-state index is 13.8. The molecule has 1 aliphatic heterocycles. The maximum absolute atomic E-state index is 13.8. The highest BCUT2D eigenvalue weighted by molar-refractivity contribution is 5.93. The SMILES string of the molecule is CCn1cc(C2=CCN(C(=O)Nc3ccc(OC)c(F)c3)CC2)c2cccnc21. The number of pyridine rings is 1. The Bertz CT molecular complexity index is 1090. The zero-order chi connectivity index (χ0) is 20.4. The van der Waals surface area contributed by atoms with Gasteiger partial charge in [0, 0.05) is 54.7 Å². The first-order valence-corrected chi connectivity index (χ1v) is 9.63. The summed E-state index contributed by atoms with van der Waals surface area (Å²) in [6.45, 7) is 4.04. The van der Waals surface area contributed by atoms with Crippen LogP contribution in [0.4, 0.5) is 14.9 Å². The van der Waals surface area contributed by atoms with Crippen LogP contribution in [0.1, 0.15) is 18.9 Å². The number of nitrogens with zero attached hydrogens (tertiary/aromatic N) is 3. The Kier molecular flexibility index (Phi) is 5.20. The zero-order valence-corrected chi connectivity index (χ0v) is 16.5. The Morgan fingerprint density at radius 1 is 1.34 bits per heavy atom. The first-order valence-electron chi connectivity index (χ1n) is 9.63. The van der Waals surface area contributed by atoms with Crippen molar-refractivity contribution in [2.24, 2.45) is 0 Å². The lowest BCUT2D eigenvalue weighted by molar-refractivity contribution is 0.217. The topological polar surface area (TPSA) is 59.4 Å². The zero-order valence-electron chi connectivity index (χ0n) is 16.5. The summed E-state index contributed by atoms with van der Waals surface area (Å²) < 4.78 is 20.9. The number of urea groups is 1. The average Bonchev–Trinajstić information content (AvgIpc) is 3.13. The number of nitrogens with one attached hydrogen (secondary N) is 1. The van der Waals surface area contributed by atoms with Gasteiger partial charge in [-0.05, 0) is 43.2 Å². The van der Waals surface area contributed by atoms with Crippen molar-refractivity contribution in [3.63, 3.8) is 0 Å². The van der Waals surface area contributed by atoms with Crippen LogP contribution in [0.15, 0.2) is 48.8 Å². The molecule has 29 heavy (non-hydrogen) atoms. The second-order valence-corrected chi connectivity index (χ2v) is 6.91. The number of ether oxygens (including phenoxy) is 1. The molecule has 2 aromatic heterocycles. The number of aromatic nitrogens is 2. The number of anilines is 1. The summed E-state index contributed by atoms with van der Waals surface area (Å²) in [5.74, 6) is -0.360. The second-order valence-electron chi connectivity index (χ2n) is 6.91. The predicted octanol–water partition coefficient (Wildman–Crippen LogP) is 4.53. The largest absolute Gasteiger partial charge is 0.494 e. The first-order chi connectivity index (χ1) is 14.1. The molecule has 0 spiro atoms. The summed E-state index contributed by atoms with van der Waals surface area (Å²) in [7, 11) is 1.41. The highest BCUT2D eigenvalue weighted by Crippen LogP contribution is 2.30. The highest BCUT2D eigenvalue weighted by atomic mass is 19.1. The van der Waals surface area contributed by atoms with Crippen LogP contribution in [-0.2, 0) is 6.54 Å². The lowest BCUT2D eigenvalue weighted by Crippen LogP contribution is -2.37. The van der Waals surface area contributed by atoms with Crippen molar-refractivity contribution in [3.8, 4) is 5.75 Å². The van der Waals surface area contributed by atoms with Gasteiger partial charge in [0.1, 0.15) is 5.65 Å². The summed E-state index contributed by atoms with van der Waals surface area (Å²) in [6, 6.07) is 8.16. The summed E-state index contributed by atoms with van der Waals surface area (Å²) in [5, 5.41) is 3.88. The Morgan fingerprint density at radius 2 is 2.21 bits per heavy atom. The summed E-state index contributed by atoms with van der Waals surface area (Å²) in [5.41, 5.74) is 3.77. The number of hydrogen-bond donors (Lipinski definition) is 1. The van der Waals surface area contributed by atoms with Gasteiger partial charge in [-0.25, -0.2) is 14.2 Å². The highest BCUT2D eigenvalue weighted by Gasteiger charge is 2.20. The first kappa shape index (κ1) is 19.0. The third-order valence-electron chi connectivity index (χ3n) is 5.22. The average molecular weight is 394 g/mol. The monoisotopic (exact) mass is 394 g/mol. The van der Waals surface area contributed by atoms with E-state index in [1.54, 1.807) is 11.0 Å². The molecule has 1 N–H and O–H groups in total. The van der Waals surface area contributed by atoms with Crippen LogP contribution < -0.4 is 10.1 Å². The molecule has 0 saturated carbocycles. The van der Waals surface area contributed by atoms with Crippen molar-refractivity contribution < 1.29 is 13.9 Å². The molecule has 0 unspecified atom stereocenters. The van der Waals surface area contributed by atoms with Crippen LogP contribution in [0.2, 0.25) is 0 Å². The lowest BCUT2D eigenvalue weighted by Gasteiger charge is -2.26. The van der Waals surface area contributed by atoms with Gasteiger partial charge in [-0.15, -0.1) is 0 Å². The number of amides is 2. The molecule has 4 rings (SSSR count). The van der Waals surface area contributed by atoms with Crippen molar-refractivity contribution in [3.05, 3.63) is 60.2 Å². The van der Waals surface area contributed by atoms with Crippen molar-refractivity contribution in [2.75, 3.05) is 25.5 Å². The number of halogens is 1. The Balaban J connectivity index is 1.48. The van der Waals surface area contributed by atoms with Crippen molar-refractivity contribution in [2.45, 2.75) is 19.9 Å². The molecule has 150 valence electrons. The maximum Gasteiger partial charge on any atom is 0.322 e. The third kappa shape index (κ3) is 3.68. The van der Waals surface area contributed by atoms with E-state index >= 15 is 0 Å². The van der Waals surface area contributed by atoms with Gasteiger partial charge in [0.2, 0.25) is 0 Å². The van der Waals surface area contributed by atoms with E-state index in [0.717, 1.165) is 24.0 Å². The fourth-order valence-electron chi connectivity index (χ4n) is 3.66. The Morgan fingerprint density at radius 3 is 2.90 bits per heavy atom. The molecule has 0 radical (unpaired) electrons. The fourth-order valence-corrected chi connectivity index (χ4v) is 3.66. The van der Waals surface area contributed by atoms with Gasteiger partial charge in [-0.3, -0.25) is 0 Å². The number of hydrogen-bond acceptors (Lipinski definition) is 3. The van der Waals surface area contributed by atoms with E-state index < -0.39 is 5.82 Å². The molecule has 3 aromatic rings. The van der Waals surface area contributed by atoms with Crippen LogP contribution in [0.25, 0.3) is 16.6 Å². The van der Waals surface area contributed by atoms with Crippen molar-refractivity contribution in [1.29, 1.82) is 0 Å².